The first-order chi connectivity index (χ1) is 10.3. The SMILES string of the molecule is CCc1ccccc1C(=O)Cc1ccc2ccccc2n1. The zero-order valence-electron chi connectivity index (χ0n) is 12.0. The number of rotatable bonds is 4. The third kappa shape index (κ3) is 2.84. The van der Waals surface area contributed by atoms with Crippen LogP contribution >= 0.6 is 0 Å². The van der Waals surface area contributed by atoms with Crippen LogP contribution in [0.25, 0.3) is 10.9 Å². The topological polar surface area (TPSA) is 30.0 Å². The van der Waals surface area contributed by atoms with Crippen LogP contribution < -0.4 is 0 Å². The highest BCUT2D eigenvalue weighted by atomic mass is 16.1. The molecule has 104 valence electrons. The first-order valence-corrected chi connectivity index (χ1v) is 7.23. The highest BCUT2D eigenvalue weighted by molar-refractivity contribution is 5.98. The zero-order chi connectivity index (χ0) is 14.7. The van der Waals surface area contributed by atoms with E-state index in [1.165, 1.54) is 0 Å². The predicted molar refractivity (Wildman–Crippen MR) is 85.6 cm³/mol. The Morgan fingerprint density at radius 3 is 2.57 bits per heavy atom. The normalized spacial score (nSPS) is 10.7. The fourth-order valence-corrected chi connectivity index (χ4v) is 2.57. The second-order valence-electron chi connectivity index (χ2n) is 5.11. The number of Topliss-reactive ketones (excluding diaryl/α,β-unsaturated/α-hetero) is 1. The van der Waals surface area contributed by atoms with Gasteiger partial charge >= 0.3 is 0 Å². The lowest BCUT2D eigenvalue weighted by atomic mass is 9.98. The van der Waals surface area contributed by atoms with Crippen molar-refractivity contribution >= 4 is 16.7 Å². The molecule has 0 aliphatic carbocycles. The summed E-state index contributed by atoms with van der Waals surface area (Å²) in [5, 5.41) is 1.10. The molecular weight excluding hydrogens is 258 g/mol. The van der Waals surface area contributed by atoms with Crippen LogP contribution in [0, 0.1) is 0 Å². The molecule has 0 aliphatic heterocycles. The van der Waals surface area contributed by atoms with E-state index >= 15 is 0 Å². The van der Waals surface area contributed by atoms with Crippen LogP contribution in [-0.4, -0.2) is 10.8 Å². The average molecular weight is 275 g/mol. The number of pyridine rings is 1. The number of aromatic nitrogens is 1. The number of ketones is 1. The zero-order valence-corrected chi connectivity index (χ0v) is 12.0. The van der Waals surface area contributed by atoms with Crippen LogP contribution in [0.1, 0.15) is 28.5 Å². The van der Waals surface area contributed by atoms with Gasteiger partial charge in [0.25, 0.3) is 0 Å². The van der Waals surface area contributed by atoms with Crippen LogP contribution in [0.4, 0.5) is 0 Å². The maximum absolute atomic E-state index is 12.5. The van der Waals surface area contributed by atoms with Gasteiger partial charge in [0.15, 0.2) is 5.78 Å². The van der Waals surface area contributed by atoms with E-state index in [1.807, 2.05) is 60.7 Å². The minimum Gasteiger partial charge on any atom is -0.294 e. The molecule has 0 atom stereocenters. The number of para-hydroxylation sites is 1. The van der Waals surface area contributed by atoms with Crippen LogP contribution in [0.5, 0.6) is 0 Å². The molecule has 3 aromatic rings. The molecule has 1 aromatic heterocycles. The highest BCUT2D eigenvalue weighted by Gasteiger charge is 2.11. The molecule has 0 bridgehead atoms. The Morgan fingerprint density at radius 1 is 0.952 bits per heavy atom. The average Bonchev–Trinajstić information content (AvgIpc) is 2.54. The molecular formula is C19H17NO. The van der Waals surface area contributed by atoms with E-state index in [-0.39, 0.29) is 5.78 Å². The van der Waals surface area contributed by atoms with Gasteiger partial charge in [0.1, 0.15) is 0 Å². The van der Waals surface area contributed by atoms with Crippen LogP contribution in [-0.2, 0) is 12.8 Å². The Morgan fingerprint density at radius 2 is 1.71 bits per heavy atom. The molecule has 2 nitrogen and oxygen atoms in total. The summed E-state index contributed by atoms with van der Waals surface area (Å²) in [6.07, 6.45) is 1.22. The molecule has 3 rings (SSSR count). The number of fused-ring (bicyclic) bond motifs is 1. The lowest BCUT2D eigenvalue weighted by Gasteiger charge is -2.07. The van der Waals surface area contributed by atoms with Gasteiger partial charge in [0.05, 0.1) is 11.9 Å². The van der Waals surface area contributed by atoms with Gasteiger partial charge in [0, 0.05) is 16.6 Å². The van der Waals surface area contributed by atoms with E-state index in [1.54, 1.807) is 0 Å². The molecule has 0 N–H and O–H groups in total. The number of nitrogens with zero attached hydrogens (tertiary/aromatic N) is 1. The lowest BCUT2D eigenvalue weighted by molar-refractivity contribution is 0.0991. The molecule has 0 aliphatic rings. The maximum Gasteiger partial charge on any atom is 0.169 e. The minimum absolute atomic E-state index is 0.134. The smallest absolute Gasteiger partial charge is 0.169 e. The molecule has 0 radical (unpaired) electrons. The van der Waals surface area contributed by atoms with Gasteiger partial charge in [-0.3, -0.25) is 9.78 Å². The van der Waals surface area contributed by atoms with Crippen LogP contribution in [0.15, 0.2) is 60.7 Å². The summed E-state index contributed by atoms with van der Waals surface area (Å²) in [5.74, 6) is 0.134. The minimum atomic E-state index is 0.134. The van der Waals surface area contributed by atoms with Crippen molar-refractivity contribution in [1.82, 2.24) is 4.98 Å². The summed E-state index contributed by atoms with van der Waals surface area (Å²) in [5.41, 5.74) is 3.68. The first kappa shape index (κ1) is 13.5. The van der Waals surface area contributed by atoms with E-state index in [9.17, 15) is 4.79 Å². The number of hydrogen-bond acceptors (Lipinski definition) is 2. The second kappa shape index (κ2) is 5.88. The Labute approximate surface area is 124 Å². The van der Waals surface area contributed by atoms with E-state index < -0.39 is 0 Å². The number of carbonyl (C=O) groups is 1. The van der Waals surface area contributed by atoms with Crippen LogP contribution in [0.3, 0.4) is 0 Å². The lowest BCUT2D eigenvalue weighted by Crippen LogP contribution is -2.08. The molecule has 1 heterocycles. The molecule has 21 heavy (non-hydrogen) atoms. The Kier molecular flexibility index (Phi) is 3.78. The van der Waals surface area contributed by atoms with Crippen molar-refractivity contribution in [1.29, 1.82) is 0 Å². The molecule has 0 saturated heterocycles. The van der Waals surface area contributed by atoms with Gasteiger partial charge in [-0.1, -0.05) is 55.5 Å². The highest BCUT2D eigenvalue weighted by Crippen LogP contribution is 2.15. The van der Waals surface area contributed by atoms with Crippen molar-refractivity contribution < 1.29 is 4.79 Å². The Hall–Kier alpha value is -2.48. The summed E-state index contributed by atoms with van der Waals surface area (Å²) >= 11 is 0. The first-order valence-electron chi connectivity index (χ1n) is 7.23. The van der Waals surface area contributed by atoms with Crippen molar-refractivity contribution in [2.75, 3.05) is 0 Å². The summed E-state index contributed by atoms with van der Waals surface area (Å²) in [6.45, 7) is 2.07. The molecule has 0 saturated carbocycles. The van der Waals surface area contributed by atoms with E-state index in [0.29, 0.717) is 6.42 Å². The number of hydrogen-bond donors (Lipinski definition) is 0. The number of benzene rings is 2. The summed E-state index contributed by atoms with van der Waals surface area (Å²) in [6, 6.07) is 19.7. The van der Waals surface area contributed by atoms with E-state index in [4.69, 9.17) is 0 Å². The molecule has 0 fully saturated rings. The van der Waals surface area contributed by atoms with Crippen molar-refractivity contribution in [2.24, 2.45) is 0 Å². The summed E-state index contributed by atoms with van der Waals surface area (Å²) < 4.78 is 0. The third-order valence-electron chi connectivity index (χ3n) is 3.70. The van der Waals surface area contributed by atoms with Crippen molar-refractivity contribution in [3.63, 3.8) is 0 Å². The third-order valence-corrected chi connectivity index (χ3v) is 3.70. The van der Waals surface area contributed by atoms with E-state index in [0.717, 1.165) is 34.1 Å². The quantitative estimate of drug-likeness (QED) is 0.667. The van der Waals surface area contributed by atoms with Gasteiger partial charge in [-0.25, -0.2) is 0 Å². The standard InChI is InChI=1S/C19H17NO/c1-2-14-7-3-5-9-17(14)19(21)13-16-12-11-15-8-4-6-10-18(15)20-16/h3-12H,2,13H2,1H3. The predicted octanol–water partition coefficient (Wildman–Crippen LogP) is 4.22. The largest absolute Gasteiger partial charge is 0.294 e. The summed E-state index contributed by atoms with van der Waals surface area (Å²) in [7, 11) is 0. The fraction of sp³-hybridized carbons (Fsp3) is 0.158. The van der Waals surface area contributed by atoms with Crippen molar-refractivity contribution in [3.05, 3.63) is 77.5 Å². The van der Waals surface area contributed by atoms with Crippen LogP contribution in [0.2, 0.25) is 0 Å². The van der Waals surface area contributed by atoms with Gasteiger partial charge < -0.3 is 0 Å². The van der Waals surface area contributed by atoms with Gasteiger partial charge in [0.2, 0.25) is 0 Å². The monoisotopic (exact) mass is 275 g/mol. The van der Waals surface area contributed by atoms with Gasteiger partial charge in [-0.2, -0.15) is 0 Å². The number of aryl methyl sites for hydroxylation is 1. The Balaban J connectivity index is 1.89. The fourth-order valence-electron chi connectivity index (χ4n) is 2.57. The molecule has 0 spiro atoms. The maximum atomic E-state index is 12.5. The van der Waals surface area contributed by atoms with Gasteiger partial charge in [-0.05, 0) is 24.1 Å². The number of carbonyl (C=O) groups excluding carboxylic acids is 1. The second-order valence-corrected chi connectivity index (χ2v) is 5.11. The Bertz CT molecular complexity index is 792. The molecule has 2 aromatic carbocycles. The molecule has 0 amide bonds. The molecule has 0 unspecified atom stereocenters. The van der Waals surface area contributed by atoms with E-state index in [2.05, 4.69) is 11.9 Å². The van der Waals surface area contributed by atoms with Crippen molar-refractivity contribution in [2.45, 2.75) is 19.8 Å². The molecule has 2 heteroatoms. The van der Waals surface area contributed by atoms with Crippen molar-refractivity contribution in [3.8, 4) is 0 Å². The van der Waals surface area contributed by atoms with Gasteiger partial charge in [-0.15, -0.1) is 0 Å². The summed E-state index contributed by atoms with van der Waals surface area (Å²) in [4.78, 5) is 17.1.